The molecule has 4 nitrogen and oxygen atoms in total. The van der Waals surface area contributed by atoms with E-state index in [0.717, 1.165) is 0 Å². The van der Waals surface area contributed by atoms with Gasteiger partial charge >= 0.3 is 14.2 Å². The first-order chi connectivity index (χ1) is 5.57. The Morgan fingerprint density at radius 2 is 2.33 bits per heavy atom. The van der Waals surface area contributed by atoms with Crippen LogP contribution >= 0.6 is 8.25 Å². The van der Waals surface area contributed by atoms with Gasteiger partial charge in [-0.2, -0.15) is 0 Å². The summed E-state index contributed by atoms with van der Waals surface area (Å²) < 4.78 is 14.2. The number of carbonyl (C=O) groups is 1. The van der Waals surface area contributed by atoms with Crippen molar-refractivity contribution in [1.29, 1.82) is 0 Å². The first-order valence-corrected chi connectivity index (χ1v) is 4.57. The lowest BCUT2D eigenvalue weighted by molar-refractivity contribution is -0.130. The van der Waals surface area contributed by atoms with Crippen molar-refractivity contribution < 1.29 is 18.8 Å². The van der Waals surface area contributed by atoms with Crippen LogP contribution in [-0.2, 0) is 13.9 Å². The van der Waals surface area contributed by atoms with Crippen molar-refractivity contribution in [2.75, 3.05) is 0 Å². The summed E-state index contributed by atoms with van der Waals surface area (Å²) in [6, 6.07) is 0. The molecule has 0 saturated heterocycles. The monoisotopic (exact) mass is 190 g/mol. The van der Waals surface area contributed by atoms with Gasteiger partial charge in [-0.1, -0.05) is 12.2 Å². The van der Waals surface area contributed by atoms with Crippen LogP contribution in [0.25, 0.3) is 0 Å². The van der Waals surface area contributed by atoms with E-state index in [9.17, 15) is 9.36 Å². The molecule has 0 rings (SSSR count). The van der Waals surface area contributed by atoms with Gasteiger partial charge in [0.25, 0.3) is 0 Å². The molecule has 0 aliphatic heterocycles. The van der Waals surface area contributed by atoms with Gasteiger partial charge in [-0.3, -0.25) is 0 Å². The molecule has 0 amide bonds. The summed E-state index contributed by atoms with van der Waals surface area (Å²) in [5, 5.41) is 0. The van der Waals surface area contributed by atoms with Crippen LogP contribution in [0.3, 0.4) is 0 Å². The largest absolute Gasteiger partial charge is 0.390 e. The Balaban J connectivity index is 4.09. The van der Waals surface area contributed by atoms with Crippen LogP contribution in [-0.4, -0.2) is 10.9 Å². The van der Waals surface area contributed by atoms with E-state index in [-0.39, 0.29) is 0 Å². The van der Waals surface area contributed by atoms with Crippen LogP contribution in [0.4, 0.5) is 0 Å². The zero-order valence-corrected chi connectivity index (χ0v) is 7.74. The van der Waals surface area contributed by atoms with E-state index in [1.807, 2.05) is 0 Å². The fraction of sp³-hybridized carbons (Fsp3) is 0.286. The lowest BCUT2D eigenvalue weighted by Gasteiger charge is -1.98. The molecule has 0 fully saturated rings. The van der Waals surface area contributed by atoms with Crippen molar-refractivity contribution in [2.24, 2.45) is 0 Å². The van der Waals surface area contributed by atoms with Crippen LogP contribution < -0.4 is 0 Å². The number of hydrogen-bond donors (Lipinski definition) is 1. The lowest BCUT2D eigenvalue weighted by Crippen LogP contribution is -1.99. The highest BCUT2D eigenvalue weighted by atomic mass is 31.1. The van der Waals surface area contributed by atoms with E-state index in [2.05, 4.69) is 11.1 Å². The van der Waals surface area contributed by atoms with Gasteiger partial charge in [0.15, 0.2) is 0 Å². The lowest BCUT2D eigenvalue weighted by atomic mass is 10.2. The molecule has 0 spiro atoms. The van der Waals surface area contributed by atoms with Gasteiger partial charge in [0.2, 0.25) is 0 Å². The molecule has 0 aromatic heterocycles. The molecular weight excluding hydrogens is 179 g/mol. The fourth-order valence-corrected chi connectivity index (χ4v) is 0.823. The van der Waals surface area contributed by atoms with E-state index in [4.69, 9.17) is 4.89 Å². The zero-order chi connectivity index (χ0) is 9.56. The maximum absolute atomic E-state index is 10.8. The van der Waals surface area contributed by atoms with Crippen LogP contribution in [0.1, 0.15) is 13.3 Å². The molecule has 0 saturated carbocycles. The number of carbonyl (C=O) groups excluding carboxylic acids is 1. The quantitative estimate of drug-likeness (QED) is 0.413. The average molecular weight is 190 g/mol. The molecule has 1 atom stereocenters. The Morgan fingerprint density at radius 3 is 2.75 bits per heavy atom. The SMILES string of the molecule is C=CCC=C(C)C(=O)O[PH](=O)O. The molecule has 1 unspecified atom stereocenters. The molecular formula is C7H11O4P. The minimum Gasteiger partial charge on any atom is -0.390 e. The maximum Gasteiger partial charge on any atom is 0.367 e. The van der Waals surface area contributed by atoms with Crippen molar-refractivity contribution in [1.82, 2.24) is 0 Å². The van der Waals surface area contributed by atoms with Crippen molar-refractivity contribution >= 4 is 14.2 Å². The second kappa shape index (κ2) is 5.75. The molecule has 0 aliphatic rings. The highest BCUT2D eigenvalue weighted by Gasteiger charge is 2.06. The first kappa shape index (κ1) is 11.1. The Bertz CT molecular complexity index is 232. The fourth-order valence-electron chi connectivity index (χ4n) is 0.503. The third-order valence-electron chi connectivity index (χ3n) is 1.09. The summed E-state index contributed by atoms with van der Waals surface area (Å²) in [6.45, 7) is 4.96. The molecule has 68 valence electrons. The van der Waals surface area contributed by atoms with Gasteiger partial charge in [-0.15, -0.1) is 6.58 Å². The van der Waals surface area contributed by atoms with Crippen LogP contribution in [0.15, 0.2) is 24.3 Å². The van der Waals surface area contributed by atoms with E-state index in [1.54, 1.807) is 12.2 Å². The minimum atomic E-state index is -3.17. The van der Waals surface area contributed by atoms with E-state index >= 15 is 0 Å². The molecule has 12 heavy (non-hydrogen) atoms. The average Bonchev–Trinajstić information content (AvgIpc) is 1.98. The Labute approximate surface area is 71.5 Å². The Hall–Kier alpha value is -0.860. The van der Waals surface area contributed by atoms with Gasteiger partial charge < -0.3 is 9.42 Å². The second-order valence-electron chi connectivity index (χ2n) is 2.07. The molecule has 0 aromatic rings. The summed E-state index contributed by atoms with van der Waals surface area (Å²) in [4.78, 5) is 19.1. The molecule has 0 radical (unpaired) electrons. The highest BCUT2D eigenvalue weighted by Crippen LogP contribution is 2.17. The van der Waals surface area contributed by atoms with Gasteiger partial charge in [-0.25, -0.2) is 9.36 Å². The van der Waals surface area contributed by atoms with Gasteiger partial charge in [-0.05, 0) is 13.3 Å². The Morgan fingerprint density at radius 1 is 1.75 bits per heavy atom. The summed E-state index contributed by atoms with van der Waals surface area (Å²) in [6.07, 6.45) is 3.71. The number of hydrogen-bond acceptors (Lipinski definition) is 3. The smallest absolute Gasteiger partial charge is 0.367 e. The molecule has 1 N–H and O–H groups in total. The summed E-state index contributed by atoms with van der Waals surface area (Å²) in [5.74, 6) is -0.761. The standard InChI is InChI=1S/C7H11O4P/c1-3-4-5-6(2)7(8)11-12(9)10/h3,5,12H,1,4H2,2H3,(H,9,10). The third-order valence-corrected chi connectivity index (χ3v) is 1.45. The maximum atomic E-state index is 10.8. The topological polar surface area (TPSA) is 63.6 Å². The van der Waals surface area contributed by atoms with Crippen molar-refractivity contribution in [2.45, 2.75) is 13.3 Å². The molecule has 0 aliphatic carbocycles. The molecule has 0 aromatic carbocycles. The summed E-state index contributed by atoms with van der Waals surface area (Å²) in [5.41, 5.74) is 0.308. The minimum absolute atomic E-state index is 0.308. The molecule has 0 bridgehead atoms. The number of rotatable bonds is 4. The van der Waals surface area contributed by atoms with Gasteiger partial charge in [0, 0.05) is 5.57 Å². The van der Waals surface area contributed by atoms with Crippen LogP contribution in [0, 0.1) is 0 Å². The third kappa shape index (κ3) is 4.88. The first-order valence-electron chi connectivity index (χ1n) is 3.30. The van der Waals surface area contributed by atoms with Crippen molar-refractivity contribution in [3.8, 4) is 0 Å². The summed E-state index contributed by atoms with van der Waals surface area (Å²) >= 11 is 0. The molecule has 0 heterocycles. The highest BCUT2D eigenvalue weighted by molar-refractivity contribution is 7.32. The van der Waals surface area contributed by atoms with Crippen molar-refractivity contribution in [3.63, 3.8) is 0 Å². The van der Waals surface area contributed by atoms with E-state index in [1.165, 1.54) is 6.92 Å². The zero-order valence-electron chi connectivity index (χ0n) is 6.74. The van der Waals surface area contributed by atoms with E-state index in [0.29, 0.717) is 12.0 Å². The summed E-state index contributed by atoms with van der Waals surface area (Å²) in [7, 11) is -3.17. The molecule has 5 heteroatoms. The van der Waals surface area contributed by atoms with Crippen LogP contribution in [0.2, 0.25) is 0 Å². The second-order valence-corrected chi connectivity index (χ2v) is 2.80. The predicted octanol–water partition coefficient (Wildman–Crippen LogP) is 1.43. The normalized spacial score (nSPS) is 13.7. The van der Waals surface area contributed by atoms with Gasteiger partial charge in [0.05, 0.1) is 0 Å². The Kier molecular flexibility index (Phi) is 5.34. The predicted molar refractivity (Wildman–Crippen MR) is 45.9 cm³/mol. The van der Waals surface area contributed by atoms with Gasteiger partial charge in [0.1, 0.15) is 0 Å². The van der Waals surface area contributed by atoms with Crippen molar-refractivity contribution in [3.05, 3.63) is 24.3 Å². The van der Waals surface area contributed by atoms with E-state index < -0.39 is 14.2 Å². The number of allylic oxidation sites excluding steroid dienone is 2. The van der Waals surface area contributed by atoms with Crippen LogP contribution in [0.5, 0.6) is 0 Å².